The van der Waals surface area contributed by atoms with Crippen LogP contribution in [0.25, 0.3) is 0 Å². The Bertz CT molecular complexity index is 511. The van der Waals surface area contributed by atoms with Crippen LogP contribution in [0.1, 0.15) is 52.5 Å². The highest BCUT2D eigenvalue weighted by atomic mass is 35.5. The van der Waals surface area contributed by atoms with E-state index in [-0.39, 0.29) is 17.9 Å². The Kier molecular flexibility index (Phi) is 6.52. The molecule has 0 aromatic heterocycles. The average molecular weight is 336 g/mol. The Morgan fingerprint density at radius 2 is 1.87 bits per heavy atom. The number of rotatable bonds is 5. The molecule has 3 heteroatoms. The van der Waals surface area contributed by atoms with Crippen molar-refractivity contribution in [2.75, 3.05) is 0 Å². The number of hydrogen-bond donors (Lipinski definition) is 1. The van der Waals surface area contributed by atoms with Gasteiger partial charge in [-0.15, -0.1) is 0 Å². The molecular weight excluding hydrogens is 306 g/mol. The summed E-state index contributed by atoms with van der Waals surface area (Å²) < 4.78 is 0. The van der Waals surface area contributed by atoms with Gasteiger partial charge in [0.05, 0.1) is 0 Å². The van der Waals surface area contributed by atoms with Gasteiger partial charge in [-0.05, 0) is 61.6 Å². The molecule has 0 radical (unpaired) electrons. The van der Waals surface area contributed by atoms with Gasteiger partial charge >= 0.3 is 0 Å². The van der Waals surface area contributed by atoms with Gasteiger partial charge in [-0.2, -0.15) is 0 Å². The lowest BCUT2D eigenvalue weighted by Gasteiger charge is -2.37. The number of benzene rings is 1. The minimum absolute atomic E-state index is 0.147. The number of carbonyl (C=O) groups excluding carboxylic acids is 1. The lowest BCUT2D eigenvalue weighted by atomic mass is 9.69. The lowest BCUT2D eigenvalue weighted by molar-refractivity contribution is -0.129. The maximum absolute atomic E-state index is 12.8. The first-order chi connectivity index (χ1) is 10.9. The molecule has 1 N–H and O–H groups in total. The third kappa shape index (κ3) is 5.24. The molecule has 0 spiro atoms. The molecule has 0 bridgehead atoms. The molecule has 1 aliphatic rings. The molecule has 128 valence electrons. The van der Waals surface area contributed by atoms with Gasteiger partial charge in [-0.1, -0.05) is 50.9 Å². The molecular formula is C20H30ClNO. The Labute approximate surface area is 146 Å². The summed E-state index contributed by atoms with van der Waals surface area (Å²) in [7, 11) is 0. The largest absolute Gasteiger partial charge is 0.353 e. The van der Waals surface area contributed by atoms with E-state index in [2.05, 4.69) is 33.0 Å². The first-order valence-electron chi connectivity index (χ1n) is 8.91. The van der Waals surface area contributed by atoms with Gasteiger partial charge < -0.3 is 5.32 Å². The van der Waals surface area contributed by atoms with Crippen LogP contribution in [0.15, 0.2) is 24.3 Å². The van der Waals surface area contributed by atoms with Crippen molar-refractivity contribution < 1.29 is 4.79 Å². The number of nitrogens with one attached hydrogen (secondary N) is 1. The monoisotopic (exact) mass is 335 g/mol. The van der Waals surface area contributed by atoms with E-state index in [9.17, 15) is 4.79 Å². The fourth-order valence-corrected chi connectivity index (χ4v) is 4.00. The van der Waals surface area contributed by atoms with E-state index >= 15 is 0 Å². The highest BCUT2D eigenvalue weighted by Gasteiger charge is 2.35. The summed E-state index contributed by atoms with van der Waals surface area (Å²) >= 11 is 5.92. The van der Waals surface area contributed by atoms with Crippen LogP contribution in [-0.2, 0) is 11.2 Å². The van der Waals surface area contributed by atoms with Crippen molar-refractivity contribution >= 4 is 17.5 Å². The van der Waals surface area contributed by atoms with Crippen LogP contribution in [-0.4, -0.2) is 11.9 Å². The smallest absolute Gasteiger partial charge is 0.223 e. The van der Waals surface area contributed by atoms with E-state index in [0.29, 0.717) is 17.8 Å². The van der Waals surface area contributed by atoms with E-state index in [4.69, 9.17) is 11.6 Å². The third-order valence-electron chi connectivity index (χ3n) is 5.20. The number of carbonyl (C=O) groups is 1. The van der Waals surface area contributed by atoms with Crippen LogP contribution in [0.2, 0.25) is 5.02 Å². The van der Waals surface area contributed by atoms with E-state index in [1.54, 1.807) is 0 Å². The van der Waals surface area contributed by atoms with E-state index in [1.165, 1.54) is 18.4 Å². The zero-order valence-electron chi connectivity index (χ0n) is 14.8. The predicted molar refractivity (Wildman–Crippen MR) is 97.6 cm³/mol. The normalized spacial score (nSPS) is 26.1. The summed E-state index contributed by atoms with van der Waals surface area (Å²) in [5.74, 6) is 2.18. The molecule has 23 heavy (non-hydrogen) atoms. The summed E-state index contributed by atoms with van der Waals surface area (Å²) in [5.41, 5.74) is 1.21. The highest BCUT2D eigenvalue weighted by Crippen LogP contribution is 2.38. The fourth-order valence-electron chi connectivity index (χ4n) is 3.88. The van der Waals surface area contributed by atoms with E-state index in [1.807, 2.05) is 24.3 Å². The first kappa shape index (κ1) is 18.3. The molecule has 4 atom stereocenters. The van der Waals surface area contributed by atoms with Gasteiger partial charge in [-0.3, -0.25) is 4.79 Å². The highest BCUT2D eigenvalue weighted by molar-refractivity contribution is 6.30. The summed E-state index contributed by atoms with van der Waals surface area (Å²) in [6, 6.07) is 8.02. The van der Waals surface area contributed by atoms with Crippen LogP contribution in [0.4, 0.5) is 0 Å². The molecule has 2 nitrogen and oxygen atoms in total. The van der Waals surface area contributed by atoms with Crippen LogP contribution in [0.5, 0.6) is 0 Å². The Morgan fingerprint density at radius 1 is 1.22 bits per heavy atom. The second-order valence-electron chi connectivity index (χ2n) is 7.67. The molecule has 0 saturated heterocycles. The minimum atomic E-state index is 0.147. The van der Waals surface area contributed by atoms with Crippen molar-refractivity contribution in [1.82, 2.24) is 5.32 Å². The minimum Gasteiger partial charge on any atom is -0.353 e. The van der Waals surface area contributed by atoms with Crippen molar-refractivity contribution in [1.29, 1.82) is 0 Å². The van der Waals surface area contributed by atoms with Gasteiger partial charge in [-0.25, -0.2) is 0 Å². The second kappa shape index (κ2) is 8.19. The van der Waals surface area contributed by atoms with Crippen LogP contribution in [0, 0.1) is 23.7 Å². The lowest BCUT2D eigenvalue weighted by Crippen LogP contribution is -2.44. The van der Waals surface area contributed by atoms with Crippen LogP contribution < -0.4 is 5.32 Å². The Balaban J connectivity index is 1.94. The molecule has 1 aromatic rings. The van der Waals surface area contributed by atoms with Crippen LogP contribution in [0.3, 0.4) is 0 Å². The standard InChI is InChI=1S/C20H30ClNO/c1-13(2)18-10-5-14(3)11-19(18)20(23)22-15(4)12-16-6-8-17(21)9-7-16/h6-9,13-15,18-19H,5,10-12H2,1-4H3,(H,22,23)/t14-,15?,18?,19-/m1/s1. The van der Waals surface area contributed by atoms with Gasteiger partial charge in [0.15, 0.2) is 0 Å². The van der Waals surface area contributed by atoms with Gasteiger partial charge in [0.25, 0.3) is 0 Å². The van der Waals surface area contributed by atoms with Crippen molar-refractivity contribution in [3.63, 3.8) is 0 Å². The second-order valence-corrected chi connectivity index (χ2v) is 8.11. The maximum Gasteiger partial charge on any atom is 0.223 e. The molecule has 1 saturated carbocycles. The SMILES string of the molecule is CC(Cc1ccc(Cl)cc1)NC(=O)[C@@H]1C[C@H](C)CCC1C(C)C. The summed E-state index contributed by atoms with van der Waals surface area (Å²) in [6.45, 7) is 8.85. The molecule has 2 unspecified atom stereocenters. The van der Waals surface area contributed by atoms with Crippen LogP contribution >= 0.6 is 11.6 Å². The molecule has 1 aliphatic carbocycles. The van der Waals surface area contributed by atoms with E-state index in [0.717, 1.165) is 17.9 Å². The number of halogens is 1. The summed E-state index contributed by atoms with van der Waals surface area (Å²) in [6.07, 6.45) is 4.31. The Morgan fingerprint density at radius 3 is 2.48 bits per heavy atom. The summed E-state index contributed by atoms with van der Waals surface area (Å²) in [4.78, 5) is 12.8. The summed E-state index contributed by atoms with van der Waals surface area (Å²) in [5, 5.41) is 4.00. The predicted octanol–water partition coefficient (Wildman–Crippen LogP) is 5.10. The zero-order valence-corrected chi connectivity index (χ0v) is 15.6. The Hall–Kier alpha value is -1.02. The molecule has 1 aromatic carbocycles. The maximum atomic E-state index is 12.8. The first-order valence-corrected chi connectivity index (χ1v) is 9.29. The van der Waals surface area contributed by atoms with Crippen molar-refractivity contribution in [3.8, 4) is 0 Å². The van der Waals surface area contributed by atoms with Gasteiger partial charge in [0.2, 0.25) is 5.91 Å². The molecule has 0 heterocycles. The quantitative estimate of drug-likeness (QED) is 0.797. The average Bonchev–Trinajstić information content (AvgIpc) is 2.49. The fraction of sp³-hybridized carbons (Fsp3) is 0.650. The molecule has 0 aliphatic heterocycles. The molecule has 1 amide bonds. The van der Waals surface area contributed by atoms with Gasteiger partial charge in [0.1, 0.15) is 0 Å². The van der Waals surface area contributed by atoms with Gasteiger partial charge in [0, 0.05) is 17.0 Å². The number of amides is 1. The molecule has 2 rings (SSSR count). The topological polar surface area (TPSA) is 29.1 Å². The number of hydrogen-bond acceptors (Lipinski definition) is 1. The van der Waals surface area contributed by atoms with E-state index < -0.39 is 0 Å². The third-order valence-corrected chi connectivity index (χ3v) is 5.45. The van der Waals surface area contributed by atoms with Crippen molar-refractivity contribution in [2.45, 2.75) is 59.4 Å². The van der Waals surface area contributed by atoms with Crippen molar-refractivity contribution in [2.24, 2.45) is 23.7 Å². The van der Waals surface area contributed by atoms with Crippen molar-refractivity contribution in [3.05, 3.63) is 34.9 Å². The zero-order chi connectivity index (χ0) is 17.0. The molecule has 1 fully saturated rings.